The summed E-state index contributed by atoms with van der Waals surface area (Å²) in [5, 5.41) is 3.29. The first-order valence-electron chi connectivity index (χ1n) is 11.6. The Balaban J connectivity index is 1.52. The highest BCUT2D eigenvalue weighted by atomic mass is 16.2. The van der Waals surface area contributed by atoms with Crippen molar-refractivity contribution >= 4 is 17.5 Å². The largest absolute Gasteiger partial charge is 0.337 e. The lowest BCUT2D eigenvalue weighted by Gasteiger charge is -2.22. The molecule has 8 heteroatoms. The van der Waals surface area contributed by atoms with Crippen molar-refractivity contribution in [3.63, 3.8) is 0 Å². The number of hydrogen-bond acceptors (Lipinski definition) is 6. The molecule has 0 aliphatic carbocycles. The van der Waals surface area contributed by atoms with Gasteiger partial charge in [0.05, 0.1) is 17.6 Å². The SMILES string of the molecule is Cc1cc(Nc2nccc(-c3cnc(C)n3C(C)C)n2)ccc1C(=O)N1CCCN(C)CC1. The lowest BCUT2D eigenvalue weighted by atomic mass is 10.1. The van der Waals surface area contributed by atoms with Gasteiger partial charge in [-0.15, -0.1) is 0 Å². The summed E-state index contributed by atoms with van der Waals surface area (Å²) in [4.78, 5) is 30.9. The summed E-state index contributed by atoms with van der Waals surface area (Å²) < 4.78 is 2.16. The molecule has 1 aromatic carbocycles. The maximum atomic E-state index is 13.1. The number of amides is 1. The first-order chi connectivity index (χ1) is 15.8. The highest BCUT2D eigenvalue weighted by molar-refractivity contribution is 5.96. The highest BCUT2D eigenvalue weighted by Crippen LogP contribution is 2.25. The van der Waals surface area contributed by atoms with Gasteiger partial charge in [0.1, 0.15) is 5.82 Å². The number of likely N-dealkylation sites (N-methyl/N-ethyl adjacent to an activating group) is 1. The number of aryl methyl sites for hydroxylation is 2. The minimum absolute atomic E-state index is 0.102. The predicted molar refractivity (Wildman–Crippen MR) is 131 cm³/mol. The second-order valence-electron chi connectivity index (χ2n) is 9.02. The van der Waals surface area contributed by atoms with Gasteiger partial charge in [-0.1, -0.05) is 0 Å². The van der Waals surface area contributed by atoms with Crippen molar-refractivity contribution in [2.24, 2.45) is 0 Å². The monoisotopic (exact) mass is 447 g/mol. The fraction of sp³-hybridized carbons (Fsp3) is 0.440. The molecule has 0 spiro atoms. The molecule has 1 saturated heterocycles. The molecule has 1 aliphatic heterocycles. The number of benzene rings is 1. The van der Waals surface area contributed by atoms with E-state index in [1.54, 1.807) is 6.20 Å². The number of imidazole rings is 1. The van der Waals surface area contributed by atoms with Gasteiger partial charge in [-0.3, -0.25) is 4.79 Å². The third-order valence-electron chi connectivity index (χ3n) is 6.14. The molecule has 1 aliphatic rings. The molecule has 2 aromatic heterocycles. The Bertz CT molecular complexity index is 1140. The Hall–Kier alpha value is -3.26. The van der Waals surface area contributed by atoms with E-state index in [-0.39, 0.29) is 11.9 Å². The van der Waals surface area contributed by atoms with Crippen LogP contribution in [-0.4, -0.2) is 68.5 Å². The fourth-order valence-corrected chi connectivity index (χ4v) is 4.39. The Morgan fingerprint density at radius 3 is 2.64 bits per heavy atom. The molecule has 8 nitrogen and oxygen atoms in total. The first-order valence-corrected chi connectivity index (χ1v) is 11.6. The van der Waals surface area contributed by atoms with Crippen molar-refractivity contribution in [1.29, 1.82) is 0 Å². The van der Waals surface area contributed by atoms with Crippen molar-refractivity contribution in [2.75, 3.05) is 38.5 Å². The molecule has 0 saturated carbocycles. The van der Waals surface area contributed by atoms with E-state index < -0.39 is 0 Å². The van der Waals surface area contributed by atoms with E-state index in [0.717, 1.165) is 66.6 Å². The minimum Gasteiger partial charge on any atom is -0.337 e. The maximum absolute atomic E-state index is 13.1. The first kappa shape index (κ1) is 22.9. The Labute approximate surface area is 195 Å². The maximum Gasteiger partial charge on any atom is 0.254 e. The molecule has 4 rings (SSSR count). The summed E-state index contributed by atoms with van der Waals surface area (Å²) in [6.45, 7) is 11.7. The topological polar surface area (TPSA) is 79.2 Å². The van der Waals surface area contributed by atoms with Gasteiger partial charge in [-0.2, -0.15) is 0 Å². The van der Waals surface area contributed by atoms with Crippen molar-refractivity contribution < 1.29 is 4.79 Å². The van der Waals surface area contributed by atoms with Crippen LogP contribution < -0.4 is 5.32 Å². The van der Waals surface area contributed by atoms with Crippen LogP contribution >= 0.6 is 0 Å². The second kappa shape index (κ2) is 9.70. The second-order valence-corrected chi connectivity index (χ2v) is 9.02. The van der Waals surface area contributed by atoms with Crippen LogP contribution in [0.5, 0.6) is 0 Å². The van der Waals surface area contributed by atoms with Gasteiger partial charge in [0.15, 0.2) is 0 Å². The minimum atomic E-state index is 0.102. The number of carbonyl (C=O) groups excluding carboxylic acids is 1. The average molecular weight is 448 g/mol. The number of nitrogens with zero attached hydrogens (tertiary/aromatic N) is 6. The Morgan fingerprint density at radius 1 is 1.06 bits per heavy atom. The summed E-state index contributed by atoms with van der Waals surface area (Å²) in [6.07, 6.45) is 4.61. The number of hydrogen-bond donors (Lipinski definition) is 1. The molecular weight excluding hydrogens is 414 g/mol. The van der Waals surface area contributed by atoms with E-state index in [4.69, 9.17) is 4.98 Å². The molecule has 0 radical (unpaired) electrons. The summed E-state index contributed by atoms with van der Waals surface area (Å²) in [5.74, 6) is 1.57. The van der Waals surface area contributed by atoms with E-state index in [0.29, 0.717) is 5.95 Å². The van der Waals surface area contributed by atoms with Crippen LogP contribution in [0.15, 0.2) is 36.7 Å². The van der Waals surface area contributed by atoms with E-state index in [1.807, 2.05) is 49.2 Å². The standard InChI is InChI=1S/C25H33N7O/c1-17(2)32-19(4)27-16-23(32)22-9-10-26-25(29-22)28-20-7-8-21(18(3)15-20)24(33)31-12-6-11-30(5)13-14-31/h7-10,15-17H,6,11-14H2,1-5H3,(H,26,28,29). The zero-order chi connectivity index (χ0) is 23.5. The number of rotatable bonds is 5. The zero-order valence-electron chi connectivity index (χ0n) is 20.2. The van der Waals surface area contributed by atoms with E-state index in [9.17, 15) is 4.79 Å². The van der Waals surface area contributed by atoms with E-state index in [1.165, 1.54) is 0 Å². The number of aromatic nitrogens is 4. The van der Waals surface area contributed by atoms with Crippen molar-refractivity contribution in [3.8, 4) is 11.4 Å². The summed E-state index contributed by atoms with van der Waals surface area (Å²) in [5.41, 5.74) is 4.32. The third-order valence-corrected chi connectivity index (χ3v) is 6.14. The smallest absolute Gasteiger partial charge is 0.254 e. The normalized spacial score (nSPS) is 15.0. The summed E-state index contributed by atoms with van der Waals surface area (Å²) in [6, 6.07) is 7.98. The third kappa shape index (κ3) is 5.06. The molecule has 1 N–H and O–H groups in total. The van der Waals surface area contributed by atoms with Crippen LogP contribution in [0.4, 0.5) is 11.6 Å². The van der Waals surface area contributed by atoms with Crippen LogP contribution in [0.3, 0.4) is 0 Å². The molecule has 1 amide bonds. The molecule has 0 atom stereocenters. The summed E-state index contributed by atoms with van der Waals surface area (Å²) >= 11 is 0. The molecule has 33 heavy (non-hydrogen) atoms. The van der Waals surface area contributed by atoms with Crippen LogP contribution in [-0.2, 0) is 0 Å². The number of carbonyl (C=O) groups is 1. The summed E-state index contributed by atoms with van der Waals surface area (Å²) in [7, 11) is 2.11. The van der Waals surface area contributed by atoms with Gasteiger partial charge in [-0.05, 0) is 77.5 Å². The van der Waals surface area contributed by atoms with Gasteiger partial charge in [0.25, 0.3) is 5.91 Å². The van der Waals surface area contributed by atoms with Gasteiger partial charge >= 0.3 is 0 Å². The highest BCUT2D eigenvalue weighted by Gasteiger charge is 2.20. The van der Waals surface area contributed by atoms with Crippen LogP contribution in [0.2, 0.25) is 0 Å². The van der Waals surface area contributed by atoms with Gasteiger partial charge in [0.2, 0.25) is 5.95 Å². The van der Waals surface area contributed by atoms with Gasteiger partial charge < -0.3 is 19.7 Å². The Kier molecular flexibility index (Phi) is 6.74. The lowest BCUT2D eigenvalue weighted by molar-refractivity contribution is 0.0762. The molecule has 0 bridgehead atoms. The quantitative estimate of drug-likeness (QED) is 0.635. The number of anilines is 2. The average Bonchev–Trinajstić information content (AvgIpc) is 3.04. The Morgan fingerprint density at radius 2 is 1.88 bits per heavy atom. The van der Waals surface area contributed by atoms with Crippen molar-refractivity contribution in [1.82, 2.24) is 29.3 Å². The molecule has 174 valence electrons. The van der Waals surface area contributed by atoms with E-state index in [2.05, 4.69) is 45.6 Å². The van der Waals surface area contributed by atoms with Crippen molar-refractivity contribution in [3.05, 3.63) is 53.6 Å². The number of nitrogens with one attached hydrogen (secondary N) is 1. The molecule has 3 aromatic rings. The van der Waals surface area contributed by atoms with Crippen LogP contribution in [0, 0.1) is 13.8 Å². The van der Waals surface area contributed by atoms with Crippen molar-refractivity contribution in [2.45, 2.75) is 40.2 Å². The molecule has 3 heterocycles. The fourth-order valence-electron chi connectivity index (χ4n) is 4.39. The van der Waals surface area contributed by atoms with Crippen LogP contribution in [0.25, 0.3) is 11.4 Å². The molecule has 0 unspecified atom stereocenters. The van der Waals surface area contributed by atoms with Gasteiger partial charge in [-0.25, -0.2) is 15.0 Å². The lowest BCUT2D eigenvalue weighted by Crippen LogP contribution is -2.34. The zero-order valence-corrected chi connectivity index (χ0v) is 20.2. The van der Waals surface area contributed by atoms with Gasteiger partial charge in [0, 0.05) is 43.1 Å². The van der Waals surface area contributed by atoms with Crippen LogP contribution in [0.1, 0.15) is 48.1 Å². The molecule has 1 fully saturated rings. The molecular formula is C25H33N7O. The van der Waals surface area contributed by atoms with E-state index >= 15 is 0 Å². The predicted octanol–water partition coefficient (Wildman–Crippen LogP) is 4.06.